The quantitative estimate of drug-likeness (QED) is 0.156. The van der Waals surface area contributed by atoms with Crippen molar-refractivity contribution in [1.29, 1.82) is 0 Å². The number of carbonyl (C=O) groups excluding carboxylic acids is 1. The minimum Gasteiger partial charge on any atom is -0.490 e. The molecule has 45 heavy (non-hydrogen) atoms. The van der Waals surface area contributed by atoms with Gasteiger partial charge in [-0.25, -0.2) is 9.37 Å². The van der Waals surface area contributed by atoms with Gasteiger partial charge >= 0.3 is 0 Å². The Hall–Kier alpha value is -5.00. The molecule has 1 N–H and O–H groups in total. The van der Waals surface area contributed by atoms with E-state index in [1.807, 2.05) is 6.92 Å². The van der Waals surface area contributed by atoms with Crippen molar-refractivity contribution in [2.24, 2.45) is 5.10 Å². The van der Waals surface area contributed by atoms with Crippen LogP contribution in [0.4, 0.5) is 10.1 Å². The Kier molecular flexibility index (Phi) is 8.63. The lowest BCUT2D eigenvalue weighted by atomic mass is 10.2. The Balaban J connectivity index is 1.33. The number of nitrogens with one attached hydrogen (secondary N) is 1. The maximum absolute atomic E-state index is 13.7. The second-order valence-electron chi connectivity index (χ2n) is 9.71. The van der Waals surface area contributed by atoms with Crippen LogP contribution in [0.2, 0.25) is 5.02 Å². The van der Waals surface area contributed by atoms with E-state index in [0.29, 0.717) is 61.1 Å². The van der Waals surface area contributed by atoms with Crippen LogP contribution in [0.25, 0.3) is 33.5 Å². The molecule has 9 nitrogen and oxygen atoms in total. The molecule has 0 radical (unpaired) electrons. The van der Waals surface area contributed by atoms with Gasteiger partial charge in [-0.1, -0.05) is 29.8 Å². The smallest absolute Gasteiger partial charge is 0.282 e. The van der Waals surface area contributed by atoms with Crippen molar-refractivity contribution in [3.05, 3.63) is 116 Å². The first kappa shape index (κ1) is 30.0. The number of anilines is 1. The van der Waals surface area contributed by atoms with Crippen LogP contribution in [-0.4, -0.2) is 35.0 Å². The van der Waals surface area contributed by atoms with Crippen LogP contribution in [0.5, 0.6) is 11.5 Å². The third-order valence-corrected chi connectivity index (χ3v) is 7.52. The van der Waals surface area contributed by atoms with Crippen molar-refractivity contribution < 1.29 is 23.1 Å². The summed E-state index contributed by atoms with van der Waals surface area (Å²) in [7, 11) is 0. The van der Waals surface area contributed by atoms with Crippen LogP contribution in [-0.2, 0) is 4.79 Å². The molecule has 0 saturated heterocycles. The number of furan rings is 1. The summed E-state index contributed by atoms with van der Waals surface area (Å²) in [6.45, 7) is 1.78. The summed E-state index contributed by atoms with van der Waals surface area (Å²) in [5, 5.41) is 8.78. The number of carbonyl (C=O) groups is 1. The first-order valence-electron chi connectivity index (χ1n) is 13.7. The number of amides is 1. The van der Waals surface area contributed by atoms with Crippen LogP contribution in [0.15, 0.2) is 104 Å². The van der Waals surface area contributed by atoms with E-state index < -0.39 is 17.3 Å². The number of para-hydroxylation sites is 1. The number of halogens is 3. The average molecular weight is 690 g/mol. The molecule has 0 aliphatic carbocycles. The number of rotatable bonds is 9. The lowest BCUT2D eigenvalue weighted by Gasteiger charge is -2.14. The number of fused-ring (bicyclic) bond motifs is 2. The Bertz CT molecular complexity index is 2160. The van der Waals surface area contributed by atoms with Crippen LogP contribution < -0.4 is 20.3 Å². The van der Waals surface area contributed by atoms with Crippen LogP contribution in [0.3, 0.4) is 0 Å². The van der Waals surface area contributed by atoms with Crippen LogP contribution in [0.1, 0.15) is 12.5 Å². The SMILES string of the molecule is CCOc1cc(C=Nn2c(-c3cc4cc(Cl)ccc4o3)nc3ccccc3c2=O)c(Br)cc1OCC(=O)Nc1cccc(F)c1. The van der Waals surface area contributed by atoms with E-state index in [2.05, 4.69) is 26.3 Å². The summed E-state index contributed by atoms with van der Waals surface area (Å²) in [6.07, 6.45) is 1.48. The molecule has 0 atom stereocenters. The van der Waals surface area contributed by atoms with E-state index in [9.17, 15) is 14.0 Å². The zero-order valence-electron chi connectivity index (χ0n) is 23.6. The highest BCUT2D eigenvalue weighted by Gasteiger charge is 2.18. The molecular formula is C33H23BrClFN4O5. The molecule has 4 aromatic carbocycles. The first-order valence-corrected chi connectivity index (χ1v) is 14.9. The van der Waals surface area contributed by atoms with Crippen molar-refractivity contribution in [2.45, 2.75) is 6.92 Å². The van der Waals surface area contributed by atoms with E-state index >= 15 is 0 Å². The highest BCUT2D eigenvalue weighted by atomic mass is 79.9. The molecule has 6 aromatic rings. The van der Waals surface area contributed by atoms with Crippen molar-refractivity contribution in [2.75, 3.05) is 18.5 Å². The van der Waals surface area contributed by atoms with Crippen molar-refractivity contribution in [1.82, 2.24) is 9.66 Å². The van der Waals surface area contributed by atoms with Gasteiger partial charge in [-0.3, -0.25) is 9.59 Å². The van der Waals surface area contributed by atoms with E-state index in [1.165, 1.54) is 29.1 Å². The van der Waals surface area contributed by atoms with E-state index in [0.717, 1.165) is 5.39 Å². The Morgan fingerprint density at radius 1 is 1.07 bits per heavy atom. The minimum atomic E-state index is -0.478. The molecule has 1 amide bonds. The Morgan fingerprint density at radius 2 is 1.89 bits per heavy atom. The van der Waals surface area contributed by atoms with Crippen LogP contribution >= 0.6 is 27.5 Å². The second-order valence-corrected chi connectivity index (χ2v) is 11.0. The summed E-state index contributed by atoms with van der Waals surface area (Å²) in [4.78, 5) is 30.8. The molecule has 0 bridgehead atoms. The summed E-state index contributed by atoms with van der Waals surface area (Å²) in [5.74, 6) is 0.230. The van der Waals surface area contributed by atoms with Gasteiger partial charge in [0.15, 0.2) is 23.9 Å². The molecule has 2 heterocycles. The second kappa shape index (κ2) is 12.9. The molecule has 0 saturated carbocycles. The predicted molar refractivity (Wildman–Crippen MR) is 175 cm³/mol. The maximum atomic E-state index is 13.7. The standard InChI is InChI=1S/C33H23BrClFN4O5/c1-2-43-28-14-20(25(34)16-29(28)44-18-31(41)38-23-7-5-6-22(36)15-23)17-37-40-32(39-26-9-4-3-8-24(26)33(40)42)30-13-19-12-21(35)10-11-27(19)45-30/h3-17H,2,18H2,1H3,(H,38,41). The van der Waals surface area contributed by atoms with Gasteiger partial charge in [-0.15, -0.1) is 0 Å². The number of hydrogen-bond donors (Lipinski definition) is 1. The Morgan fingerprint density at radius 3 is 2.71 bits per heavy atom. The lowest BCUT2D eigenvalue weighted by Crippen LogP contribution is -2.20. The van der Waals surface area contributed by atoms with Gasteiger partial charge in [0.05, 0.1) is 23.7 Å². The number of aromatic nitrogens is 2. The summed E-state index contributed by atoms with van der Waals surface area (Å²) in [5.41, 5.74) is 1.54. The monoisotopic (exact) mass is 688 g/mol. The van der Waals surface area contributed by atoms with Gasteiger partial charge in [0.25, 0.3) is 11.5 Å². The third-order valence-electron chi connectivity index (χ3n) is 6.59. The molecule has 0 aliphatic heterocycles. The van der Waals surface area contributed by atoms with Gasteiger partial charge in [0.2, 0.25) is 5.82 Å². The zero-order valence-corrected chi connectivity index (χ0v) is 25.9. The molecule has 2 aromatic heterocycles. The largest absolute Gasteiger partial charge is 0.490 e. The van der Waals surface area contributed by atoms with Crippen molar-refractivity contribution in [3.8, 4) is 23.1 Å². The summed E-state index contributed by atoms with van der Waals surface area (Å²) in [6, 6.07) is 22.8. The van der Waals surface area contributed by atoms with Gasteiger partial charge in [0, 0.05) is 26.1 Å². The molecule has 0 spiro atoms. The normalized spacial score (nSPS) is 11.4. The lowest BCUT2D eigenvalue weighted by molar-refractivity contribution is -0.118. The third kappa shape index (κ3) is 6.59. The molecule has 226 valence electrons. The molecule has 0 fully saturated rings. The Labute approximate surface area is 269 Å². The first-order chi connectivity index (χ1) is 21.8. The zero-order chi connectivity index (χ0) is 31.5. The molecule has 6 rings (SSSR count). The number of hydrogen-bond acceptors (Lipinski definition) is 7. The number of nitrogens with zero attached hydrogens (tertiary/aromatic N) is 3. The fourth-order valence-corrected chi connectivity index (χ4v) is 5.18. The molecule has 0 aliphatic rings. The van der Waals surface area contributed by atoms with E-state index in [1.54, 1.807) is 66.7 Å². The average Bonchev–Trinajstić information content (AvgIpc) is 3.44. The molecule has 12 heteroatoms. The van der Waals surface area contributed by atoms with Gasteiger partial charge in [-0.2, -0.15) is 9.78 Å². The predicted octanol–water partition coefficient (Wildman–Crippen LogP) is 7.66. The van der Waals surface area contributed by atoms with E-state index in [4.69, 9.17) is 30.5 Å². The highest BCUT2D eigenvalue weighted by Crippen LogP contribution is 2.34. The summed E-state index contributed by atoms with van der Waals surface area (Å²) >= 11 is 9.69. The van der Waals surface area contributed by atoms with Crippen molar-refractivity contribution >= 4 is 67.2 Å². The molecule has 0 unspecified atom stereocenters. The van der Waals surface area contributed by atoms with Gasteiger partial charge in [-0.05, 0) is 89.6 Å². The van der Waals surface area contributed by atoms with Crippen LogP contribution in [0, 0.1) is 5.82 Å². The minimum absolute atomic E-state index is 0.202. The highest BCUT2D eigenvalue weighted by molar-refractivity contribution is 9.10. The number of benzene rings is 4. The van der Waals surface area contributed by atoms with Gasteiger partial charge in [0.1, 0.15) is 11.4 Å². The van der Waals surface area contributed by atoms with Gasteiger partial charge < -0.3 is 19.2 Å². The van der Waals surface area contributed by atoms with E-state index in [-0.39, 0.29) is 12.4 Å². The fourth-order valence-electron chi connectivity index (χ4n) is 4.57. The fraction of sp³-hybridized carbons (Fsp3) is 0.0909. The number of ether oxygens (including phenoxy) is 2. The summed E-state index contributed by atoms with van der Waals surface area (Å²) < 4.78 is 32.7. The topological polar surface area (TPSA) is 108 Å². The molecular weight excluding hydrogens is 667 g/mol. The van der Waals surface area contributed by atoms with Crippen molar-refractivity contribution in [3.63, 3.8) is 0 Å². The maximum Gasteiger partial charge on any atom is 0.282 e.